The van der Waals surface area contributed by atoms with E-state index in [4.69, 9.17) is 10.5 Å². The van der Waals surface area contributed by atoms with Gasteiger partial charge in [-0.05, 0) is 93.5 Å². The summed E-state index contributed by atoms with van der Waals surface area (Å²) in [6.07, 6.45) is 5.32. The molecule has 230 valence electrons. The molecule has 2 heterocycles. The van der Waals surface area contributed by atoms with Crippen molar-refractivity contribution in [2.24, 2.45) is 11.7 Å². The molecule has 4 atom stereocenters. The highest BCUT2D eigenvalue weighted by atomic mass is 19.1. The lowest BCUT2D eigenvalue weighted by Gasteiger charge is -2.36. The summed E-state index contributed by atoms with van der Waals surface area (Å²) in [6, 6.07) is 13.8. The summed E-state index contributed by atoms with van der Waals surface area (Å²) in [7, 11) is 0. The minimum atomic E-state index is -0.987. The number of hydrogen-bond acceptors (Lipinski definition) is 5. The Labute approximate surface area is 253 Å². The maximum Gasteiger partial charge on any atom is 0.411 e. The normalized spacial score (nSPS) is 22.7. The number of nitrogens with zero attached hydrogens (tertiary/aromatic N) is 2. The first-order valence-corrected chi connectivity index (χ1v) is 15.3. The van der Waals surface area contributed by atoms with Crippen LogP contribution in [0.2, 0.25) is 0 Å². The van der Waals surface area contributed by atoms with Crippen LogP contribution in [0.15, 0.2) is 54.6 Å². The number of carbonyl (C=O) groups excluding carboxylic acids is 3. The van der Waals surface area contributed by atoms with Gasteiger partial charge in [0.1, 0.15) is 23.5 Å². The third kappa shape index (κ3) is 7.44. The zero-order chi connectivity index (χ0) is 30.7. The van der Waals surface area contributed by atoms with Gasteiger partial charge >= 0.3 is 6.09 Å². The van der Waals surface area contributed by atoms with E-state index in [0.717, 1.165) is 56.5 Å². The first kappa shape index (κ1) is 30.7. The van der Waals surface area contributed by atoms with Crippen LogP contribution in [-0.2, 0) is 27.3 Å². The van der Waals surface area contributed by atoms with Crippen molar-refractivity contribution < 1.29 is 23.5 Å². The molecule has 2 fully saturated rings. The van der Waals surface area contributed by atoms with E-state index in [1.54, 1.807) is 32.9 Å². The smallest absolute Gasteiger partial charge is 0.411 e. The average Bonchev–Trinajstić information content (AvgIpc) is 3.58. The van der Waals surface area contributed by atoms with Crippen LogP contribution in [0, 0.1) is 11.7 Å². The van der Waals surface area contributed by atoms with E-state index in [1.807, 2.05) is 24.3 Å². The van der Waals surface area contributed by atoms with Gasteiger partial charge in [0, 0.05) is 25.7 Å². The molecule has 0 spiro atoms. The van der Waals surface area contributed by atoms with Crippen LogP contribution in [0.1, 0.15) is 69.6 Å². The zero-order valence-electron chi connectivity index (χ0n) is 25.4. The lowest BCUT2D eigenvalue weighted by Crippen LogP contribution is -2.57. The summed E-state index contributed by atoms with van der Waals surface area (Å²) in [5.74, 6) is -1.45. The molecule has 2 aromatic rings. The lowest BCUT2D eigenvalue weighted by molar-refractivity contribution is -0.132. The number of nitrogens with one attached hydrogen (secondary N) is 1. The van der Waals surface area contributed by atoms with Crippen molar-refractivity contribution >= 4 is 23.5 Å². The summed E-state index contributed by atoms with van der Waals surface area (Å²) in [6.45, 7) is 7.90. The monoisotopic (exact) mass is 590 g/mol. The number of carbonyl (C=O) groups is 3. The molecule has 1 saturated heterocycles. The second kappa shape index (κ2) is 12.9. The molecule has 5 rings (SSSR count). The quantitative estimate of drug-likeness (QED) is 0.437. The molecule has 3 amide bonds. The van der Waals surface area contributed by atoms with Gasteiger partial charge in [0.25, 0.3) is 0 Å². The molecule has 8 nitrogen and oxygen atoms in total. The lowest BCUT2D eigenvalue weighted by atomic mass is 9.96. The molecule has 43 heavy (non-hydrogen) atoms. The van der Waals surface area contributed by atoms with E-state index >= 15 is 4.39 Å². The number of amides is 3. The standard InChI is InChI=1S/C34H43FN4O4/c1-34(2,3)43-33(42)39-27-15-13-25(18-27)30(39)32(41)37-29(31(36)40)16-14-23-11-12-24(19-28(23)35)26-10-7-17-38(21-26)20-22-8-5-4-6-9-22/h4-6,8-12,19,25,27,29-30H,7,13-18,20-21H2,1-3H3,(H2,36,40)(H,37,41). The van der Waals surface area contributed by atoms with Crippen molar-refractivity contribution in [3.8, 4) is 0 Å². The van der Waals surface area contributed by atoms with Crippen molar-refractivity contribution in [2.45, 2.75) is 89.6 Å². The van der Waals surface area contributed by atoms with E-state index in [0.29, 0.717) is 5.56 Å². The highest BCUT2D eigenvalue weighted by Crippen LogP contribution is 2.43. The highest BCUT2D eigenvalue weighted by Gasteiger charge is 2.52. The molecule has 2 bridgehead atoms. The van der Waals surface area contributed by atoms with Crippen molar-refractivity contribution in [3.05, 3.63) is 77.1 Å². The van der Waals surface area contributed by atoms with Crippen LogP contribution in [0.25, 0.3) is 5.57 Å². The molecule has 2 aliphatic heterocycles. The molecule has 9 heteroatoms. The Kier molecular flexibility index (Phi) is 9.20. The van der Waals surface area contributed by atoms with Gasteiger partial charge in [0.15, 0.2) is 0 Å². The number of primary amides is 1. The molecule has 4 unspecified atom stereocenters. The van der Waals surface area contributed by atoms with Crippen molar-refractivity contribution in [2.75, 3.05) is 13.1 Å². The Bertz CT molecular complexity index is 1370. The third-order valence-electron chi connectivity index (χ3n) is 8.72. The van der Waals surface area contributed by atoms with E-state index in [-0.39, 0.29) is 30.6 Å². The predicted molar refractivity (Wildman–Crippen MR) is 163 cm³/mol. The molecule has 3 N–H and O–H groups in total. The molecule has 2 aromatic carbocycles. The fraction of sp³-hybridized carbons (Fsp3) is 0.500. The SMILES string of the molecule is CC(C)(C)OC(=O)N1C2CCC(C2)C1C(=O)NC(CCc1ccc(C2=CCCN(Cc3ccccc3)C2)cc1F)C(N)=O. The second-order valence-electron chi connectivity index (χ2n) is 13.1. The van der Waals surface area contributed by atoms with E-state index in [2.05, 4.69) is 28.4 Å². The minimum absolute atomic E-state index is 0.00810. The Morgan fingerprint density at radius 3 is 2.58 bits per heavy atom. The molecular weight excluding hydrogens is 547 g/mol. The highest BCUT2D eigenvalue weighted by molar-refractivity contribution is 5.91. The van der Waals surface area contributed by atoms with Crippen molar-refractivity contribution in [3.63, 3.8) is 0 Å². The van der Waals surface area contributed by atoms with Gasteiger partial charge in [-0.1, -0.05) is 48.5 Å². The molecule has 3 aliphatic rings. The first-order chi connectivity index (χ1) is 20.5. The number of piperidine rings is 1. The summed E-state index contributed by atoms with van der Waals surface area (Å²) in [5.41, 5.74) is 8.62. The Morgan fingerprint density at radius 1 is 1.12 bits per heavy atom. The van der Waals surface area contributed by atoms with Crippen LogP contribution in [-0.4, -0.2) is 64.5 Å². The minimum Gasteiger partial charge on any atom is -0.444 e. The van der Waals surface area contributed by atoms with Gasteiger partial charge < -0.3 is 15.8 Å². The Balaban J connectivity index is 1.20. The second-order valence-corrected chi connectivity index (χ2v) is 13.1. The first-order valence-electron chi connectivity index (χ1n) is 15.3. The number of fused-ring (bicyclic) bond motifs is 2. The largest absolute Gasteiger partial charge is 0.444 e. The fourth-order valence-electron chi connectivity index (χ4n) is 6.69. The Morgan fingerprint density at radius 2 is 1.88 bits per heavy atom. The Hall–Kier alpha value is -3.72. The van der Waals surface area contributed by atoms with Gasteiger partial charge in [0.05, 0.1) is 0 Å². The molecule has 1 saturated carbocycles. The van der Waals surface area contributed by atoms with Gasteiger partial charge in [-0.2, -0.15) is 0 Å². The van der Waals surface area contributed by atoms with Crippen LogP contribution >= 0.6 is 0 Å². The van der Waals surface area contributed by atoms with Crippen LogP contribution in [0.4, 0.5) is 9.18 Å². The van der Waals surface area contributed by atoms with Crippen LogP contribution in [0.5, 0.6) is 0 Å². The van der Waals surface area contributed by atoms with Crippen molar-refractivity contribution in [1.29, 1.82) is 0 Å². The van der Waals surface area contributed by atoms with Crippen molar-refractivity contribution in [1.82, 2.24) is 15.1 Å². The predicted octanol–water partition coefficient (Wildman–Crippen LogP) is 4.81. The number of aryl methyl sites for hydroxylation is 1. The van der Waals surface area contributed by atoms with E-state index in [1.165, 1.54) is 10.5 Å². The van der Waals surface area contributed by atoms with Gasteiger partial charge in [-0.25, -0.2) is 9.18 Å². The summed E-state index contributed by atoms with van der Waals surface area (Å²) in [5, 5.41) is 2.77. The van der Waals surface area contributed by atoms with Crippen LogP contribution < -0.4 is 11.1 Å². The molecule has 0 aromatic heterocycles. The molecule has 1 aliphatic carbocycles. The number of likely N-dealkylation sites (tertiary alicyclic amines) is 1. The summed E-state index contributed by atoms with van der Waals surface area (Å²) >= 11 is 0. The van der Waals surface area contributed by atoms with Gasteiger partial charge in [0.2, 0.25) is 11.8 Å². The molecular formula is C34H43FN4O4. The van der Waals surface area contributed by atoms with Crippen LogP contribution in [0.3, 0.4) is 0 Å². The summed E-state index contributed by atoms with van der Waals surface area (Å²) < 4.78 is 20.9. The van der Waals surface area contributed by atoms with E-state index in [9.17, 15) is 14.4 Å². The van der Waals surface area contributed by atoms with Gasteiger partial charge in [-0.15, -0.1) is 0 Å². The average molecular weight is 591 g/mol. The molecule has 0 radical (unpaired) electrons. The number of halogens is 1. The fourth-order valence-corrected chi connectivity index (χ4v) is 6.69. The van der Waals surface area contributed by atoms with Gasteiger partial charge in [-0.3, -0.25) is 19.4 Å². The maximum atomic E-state index is 15.3. The maximum absolute atomic E-state index is 15.3. The number of benzene rings is 2. The summed E-state index contributed by atoms with van der Waals surface area (Å²) in [4.78, 5) is 42.6. The third-order valence-corrected chi connectivity index (χ3v) is 8.72. The number of rotatable bonds is 9. The number of hydrogen-bond donors (Lipinski definition) is 2. The number of ether oxygens (including phenoxy) is 1. The topological polar surface area (TPSA) is 105 Å². The van der Waals surface area contributed by atoms with E-state index < -0.39 is 35.6 Å². The number of nitrogens with two attached hydrogens (primary N) is 1. The zero-order valence-corrected chi connectivity index (χ0v) is 25.4.